The lowest BCUT2D eigenvalue weighted by Gasteiger charge is -2.24. The van der Waals surface area contributed by atoms with E-state index in [-0.39, 0.29) is 12.8 Å². The third-order valence-corrected chi connectivity index (χ3v) is 5.57. The van der Waals surface area contributed by atoms with E-state index in [2.05, 4.69) is 16.0 Å². The molecule has 0 aromatic rings. The van der Waals surface area contributed by atoms with Crippen molar-refractivity contribution in [1.29, 1.82) is 0 Å². The van der Waals surface area contributed by atoms with Gasteiger partial charge in [-0.15, -0.1) is 0 Å². The number of nitrogens with two attached hydrogens (primary N) is 3. The Kier molecular flexibility index (Phi) is 17.4. The first kappa shape index (κ1) is 31.1. The first-order valence-electron chi connectivity index (χ1n) is 11.1. The Balaban J connectivity index is 5.07. The lowest BCUT2D eigenvalue weighted by Crippen LogP contribution is -2.58. The van der Waals surface area contributed by atoms with Gasteiger partial charge in [0.1, 0.15) is 18.1 Å². The number of hydrogen-bond donors (Lipinski definition) is 8. The third kappa shape index (κ3) is 13.4. The van der Waals surface area contributed by atoms with E-state index in [0.717, 1.165) is 6.42 Å². The molecule has 0 spiro atoms. The summed E-state index contributed by atoms with van der Waals surface area (Å²) in [4.78, 5) is 49.0. The molecule has 0 bridgehead atoms. The van der Waals surface area contributed by atoms with Gasteiger partial charge < -0.3 is 43.4 Å². The van der Waals surface area contributed by atoms with Crippen LogP contribution in [-0.4, -0.2) is 89.8 Å². The van der Waals surface area contributed by atoms with Gasteiger partial charge in [-0.05, 0) is 63.6 Å². The standard InChI is InChI=1S/C20H40N6O6S/c1-33-11-8-14(24-17(28)13(23)6-2-4-9-21)18(29)26-16(12-27)19(30)25-15(20(31)32)7-3-5-10-22/h13-16,27H,2-12,21-23H2,1H3,(H,24,28)(H,25,30)(H,26,29)(H,31,32). The number of rotatable bonds is 19. The quantitative estimate of drug-likeness (QED) is 0.0913. The summed E-state index contributed by atoms with van der Waals surface area (Å²) in [6.07, 6.45) is 5.22. The number of carboxylic acid groups (broad SMARTS) is 1. The fourth-order valence-corrected chi connectivity index (χ4v) is 3.38. The first-order valence-corrected chi connectivity index (χ1v) is 12.5. The van der Waals surface area contributed by atoms with Crippen molar-refractivity contribution in [1.82, 2.24) is 16.0 Å². The second kappa shape index (κ2) is 18.5. The van der Waals surface area contributed by atoms with Crippen LogP contribution in [-0.2, 0) is 19.2 Å². The van der Waals surface area contributed by atoms with Crippen molar-refractivity contribution in [3.63, 3.8) is 0 Å². The maximum Gasteiger partial charge on any atom is 0.326 e. The van der Waals surface area contributed by atoms with Gasteiger partial charge in [-0.25, -0.2) is 4.79 Å². The Bertz CT molecular complexity index is 612. The van der Waals surface area contributed by atoms with E-state index in [1.807, 2.05) is 6.26 Å². The molecular formula is C20H40N6O6S. The summed E-state index contributed by atoms with van der Waals surface area (Å²) in [5, 5.41) is 26.2. The number of amides is 3. The van der Waals surface area contributed by atoms with Gasteiger partial charge in [0.05, 0.1) is 12.6 Å². The van der Waals surface area contributed by atoms with E-state index < -0.39 is 54.5 Å². The van der Waals surface area contributed by atoms with Gasteiger partial charge >= 0.3 is 5.97 Å². The first-order chi connectivity index (χ1) is 15.7. The third-order valence-electron chi connectivity index (χ3n) is 4.93. The van der Waals surface area contributed by atoms with Gasteiger partial charge in [0.2, 0.25) is 17.7 Å². The Morgan fingerprint density at radius 2 is 1.30 bits per heavy atom. The zero-order valence-electron chi connectivity index (χ0n) is 19.3. The molecule has 0 aromatic heterocycles. The zero-order valence-corrected chi connectivity index (χ0v) is 20.1. The van der Waals surface area contributed by atoms with Crippen LogP contribution < -0.4 is 33.2 Å². The average Bonchev–Trinajstić information content (AvgIpc) is 2.78. The number of aliphatic carboxylic acids is 1. The molecule has 4 atom stereocenters. The summed E-state index contributed by atoms with van der Waals surface area (Å²) >= 11 is 1.47. The number of aliphatic hydroxyl groups excluding tert-OH is 1. The molecule has 33 heavy (non-hydrogen) atoms. The second-order valence-corrected chi connectivity index (χ2v) is 8.65. The molecular weight excluding hydrogens is 452 g/mol. The number of nitrogens with one attached hydrogen (secondary N) is 3. The SMILES string of the molecule is CSCCC(NC(=O)C(N)CCCCN)C(=O)NC(CO)C(=O)NC(CCCCN)C(=O)O. The Labute approximate surface area is 199 Å². The van der Waals surface area contributed by atoms with Crippen LogP contribution in [0.1, 0.15) is 44.9 Å². The monoisotopic (exact) mass is 492 g/mol. The van der Waals surface area contributed by atoms with Crippen LogP contribution in [0.4, 0.5) is 0 Å². The number of aliphatic hydroxyl groups is 1. The molecule has 0 aliphatic heterocycles. The van der Waals surface area contributed by atoms with Gasteiger partial charge in [-0.3, -0.25) is 14.4 Å². The summed E-state index contributed by atoms with van der Waals surface area (Å²) in [6.45, 7) is 0.150. The van der Waals surface area contributed by atoms with Gasteiger partial charge in [-0.1, -0.05) is 6.42 Å². The number of carbonyl (C=O) groups is 4. The lowest BCUT2D eigenvalue weighted by atomic mass is 10.1. The van der Waals surface area contributed by atoms with Crippen molar-refractivity contribution in [3.05, 3.63) is 0 Å². The number of unbranched alkanes of at least 4 members (excludes halogenated alkanes) is 2. The van der Waals surface area contributed by atoms with Crippen molar-refractivity contribution in [2.24, 2.45) is 17.2 Å². The fraction of sp³-hybridized carbons (Fsp3) is 0.800. The molecule has 0 aromatic carbocycles. The Morgan fingerprint density at radius 3 is 1.82 bits per heavy atom. The van der Waals surface area contributed by atoms with E-state index in [9.17, 15) is 29.4 Å². The van der Waals surface area contributed by atoms with Crippen molar-refractivity contribution < 1.29 is 29.4 Å². The van der Waals surface area contributed by atoms with Crippen molar-refractivity contribution in [2.75, 3.05) is 31.7 Å². The van der Waals surface area contributed by atoms with Gasteiger partial charge in [0.25, 0.3) is 0 Å². The number of hydrogen-bond acceptors (Lipinski definition) is 9. The smallest absolute Gasteiger partial charge is 0.326 e. The highest BCUT2D eigenvalue weighted by Crippen LogP contribution is 2.05. The zero-order chi connectivity index (χ0) is 25.2. The topological polar surface area (TPSA) is 223 Å². The van der Waals surface area contributed by atoms with Crippen LogP contribution in [0.5, 0.6) is 0 Å². The highest BCUT2D eigenvalue weighted by molar-refractivity contribution is 7.98. The van der Waals surface area contributed by atoms with E-state index >= 15 is 0 Å². The molecule has 12 nitrogen and oxygen atoms in total. The van der Waals surface area contributed by atoms with Gasteiger partial charge in [0.15, 0.2) is 0 Å². The van der Waals surface area contributed by atoms with E-state index in [1.54, 1.807) is 0 Å². The van der Waals surface area contributed by atoms with Crippen LogP contribution >= 0.6 is 11.8 Å². The van der Waals surface area contributed by atoms with Crippen molar-refractivity contribution in [2.45, 2.75) is 69.1 Å². The summed E-state index contributed by atoms with van der Waals surface area (Å²) in [5.74, 6) is -2.67. The highest BCUT2D eigenvalue weighted by atomic mass is 32.2. The molecule has 0 saturated heterocycles. The average molecular weight is 493 g/mol. The van der Waals surface area contributed by atoms with Gasteiger partial charge in [-0.2, -0.15) is 11.8 Å². The maximum absolute atomic E-state index is 12.8. The minimum Gasteiger partial charge on any atom is -0.480 e. The molecule has 0 aliphatic carbocycles. The van der Waals surface area contributed by atoms with Crippen molar-refractivity contribution in [3.8, 4) is 0 Å². The molecule has 0 rings (SSSR count). The lowest BCUT2D eigenvalue weighted by molar-refractivity contribution is -0.142. The predicted molar refractivity (Wildman–Crippen MR) is 127 cm³/mol. The number of carbonyl (C=O) groups excluding carboxylic acids is 3. The van der Waals surface area contributed by atoms with Gasteiger partial charge in [0, 0.05) is 0 Å². The van der Waals surface area contributed by atoms with Crippen LogP contribution in [0.25, 0.3) is 0 Å². The molecule has 11 N–H and O–H groups in total. The summed E-state index contributed by atoms with van der Waals surface area (Å²) in [5.41, 5.74) is 16.7. The number of thioether (sulfide) groups is 1. The highest BCUT2D eigenvalue weighted by Gasteiger charge is 2.29. The molecule has 3 amide bonds. The van der Waals surface area contributed by atoms with Crippen LogP contribution in [0.15, 0.2) is 0 Å². The van der Waals surface area contributed by atoms with Crippen LogP contribution in [0, 0.1) is 0 Å². The summed E-state index contributed by atoms with van der Waals surface area (Å²) < 4.78 is 0. The molecule has 0 fully saturated rings. The largest absolute Gasteiger partial charge is 0.480 e. The molecule has 13 heteroatoms. The molecule has 192 valence electrons. The molecule has 4 unspecified atom stereocenters. The van der Waals surface area contributed by atoms with Crippen LogP contribution in [0.2, 0.25) is 0 Å². The molecule has 0 heterocycles. The Morgan fingerprint density at radius 1 is 0.788 bits per heavy atom. The van der Waals surface area contributed by atoms with E-state index in [0.29, 0.717) is 44.5 Å². The number of carboxylic acids is 1. The molecule has 0 radical (unpaired) electrons. The maximum atomic E-state index is 12.8. The summed E-state index contributed by atoms with van der Waals surface area (Å²) in [7, 11) is 0. The second-order valence-electron chi connectivity index (χ2n) is 7.66. The normalized spacial score (nSPS) is 14.6. The van der Waals surface area contributed by atoms with Crippen molar-refractivity contribution >= 4 is 35.5 Å². The Hall–Kier alpha value is -1.93. The molecule has 0 saturated carbocycles. The van der Waals surface area contributed by atoms with E-state index in [4.69, 9.17) is 17.2 Å². The fourth-order valence-electron chi connectivity index (χ4n) is 2.91. The molecule has 0 aliphatic rings. The predicted octanol–water partition coefficient (Wildman–Crippen LogP) is -2.14. The minimum absolute atomic E-state index is 0.165. The van der Waals surface area contributed by atoms with E-state index in [1.165, 1.54) is 11.8 Å². The van der Waals surface area contributed by atoms with Crippen LogP contribution in [0.3, 0.4) is 0 Å². The summed E-state index contributed by atoms with van der Waals surface area (Å²) in [6, 6.07) is -4.32. The minimum atomic E-state index is -1.37.